The second-order valence-corrected chi connectivity index (χ2v) is 9.56. The van der Waals surface area contributed by atoms with Gasteiger partial charge in [0, 0.05) is 13.1 Å². The van der Waals surface area contributed by atoms with Crippen LogP contribution in [0.2, 0.25) is 0 Å². The molecule has 3 N–H and O–H groups in total. The summed E-state index contributed by atoms with van der Waals surface area (Å²) in [6, 6.07) is 8.45. The van der Waals surface area contributed by atoms with Crippen molar-refractivity contribution in [1.29, 1.82) is 0 Å². The van der Waals surface area contributed by atoms with E-state index in [2.05, 4.69) is 20.9 Å². The van der Waals surface area contributed by atoms with Crippen molar-refractivity contribution in [3.63, 3.8) is 0 Å². The van der Waals surface area contributed by atoms with Crippen LogP contribution in [0.15, 0.2) is 42.9 Å². The molecule has 11 nitrogen and oxygen atoms in total. The van der Waals surface area contributed by atoms with E-state index in [0.29, 0.717) is 7.15 Å². The first kappa shape index (κ1) is 28.2. The van der Waals surface area contributed by atoms with Gasteiger partial charge in [-0.1, -0.05) is 6.07 Å². The fraction of sp³-hybridized carbons (Fsp3) is 0.520. The van der Waals surface area contributed by atoms with Gasteiger partial charge in [0.25, 0.3) is 0 Å². The van der Waals surface area contributed by atoms with Crippen molar-refractivity contribution in [2.24, 2.45) is 0 Å². The molecular formula is C25H35BN6O5. The van der Waals surface area contributed by atoms with Crippen LogP contribution in [0.3, 0.4) is 0 Å². The second-order valence-electron chi connectivity index (χ2n) is 9.56. The maximum absolute atomic E-state index is 13.1. The molecule has 1 unspecified atom stereocenters. The molecule has 1 atom stereocenters. The number of carbonyl (C=O) groups excluding carboxylic acids is 3. The number of anilines is 1. The number of amides is 3. The van der Waals surface area contributed by atoms with E-state index in [4.69, 9.17) is 4.74 Å². The molecule has 3 amide bonds. The predicted molar refractivity (Wildman–Crippen MR) is 138 cm³/mol. The first-order valence-electron chi connectivity index (χ1n) is 12.5. The summed E-state index contributed by atoms with van der Waals surface area (Å²) in [6.45, 7) is 5.09. The molecule has 1 aliphatic heterocycles. The second kappa shape index (κ2) is 13.8. The van der Waals surface area contributed by atoms with Crippen LogP contribution in [-0.4, -0.2) is 77.0 Å². The van der Waals surface area contributed by atoms with Gasteiger partial charge in [-0.15, -0.1) is 0 Å². The van der Waals surface area contributed by atoms with Crippen molar-refractivity contribution >= 4 is 30.7 Å². The van der Waals surface area contributed by atoms with Crippen molar-refractivity contribution in [1.82, 2.24) is 25.1 Å². The van der Waals surface area contributed by atoms with Gasteiger partial charge in [0.2, 0.25) is 5.91 Å². The summed E-state index contributed by atoms with van der Waals surface area (Å²) in [6.07, 6.45) is 6.23. The molecule has 37 heavy (non-hydrogen) atoms. The van der Waals surface area contributed by atoms with Crippen LogP contribution >= 0.6 is 0 Å². The Morgan fingerprint density at radius 3 is 2.57 bits per heavy atom. The molecule has 2 heterocycles. The summed E-state index contributed by atoms with van der Waals surface area (Å²) in [5, 5.41) is 8.23. The SMILES string of the molecule is CC(C)(NCB=O)C(=O)NC(COCc1ccccc1)C(=O)Nc1cn(CC(=O)N2CCCCC2)cn1. The zero-order valence-corrected chi connectivity index (χ0v) is 21.4. The van der Waals surface area contributed by atoms with E-state index in [1.807, 2.05) is 35.2 Å². The van der Waals surface area contributed by atoms with E-state index >= 15 is 0 Å². The standard InChI is InChI=1S/C25H35BN6O5/c1-25(2,28-17-26-36)24(35)29-20(16-37-15-19-9-5-3-6-10-19)23(34)30-21-13-31(18-27-21)14-22(33)32-11-7-4-8-12-32/h3,5-6,9-10,13,18,20,28H,4,7-8,11-12,14-17H2,1-2H3,(H,29,35)(H,30,34). The molecule has 1 aromatic carbocycles. The van der Waals surface area contributed by atoms with Crippen molar-refractivity contribution in [2.45, 2.75) is 57.8 Å². The molecular weight excluding hydrogens is 475 g/mol. The van der Waals surface area contributed by atoms with E-state index in [1.54, 1.807) is 24.6 Å². The summed E-state index contributed by atoms with van der Waals surface area (Å²) in [5.74, 6) is -0.702. The van der Waals surface area contributed by atoms with Gasteiger partial charge < -0.3 is 4.90 Å². The summed E-state index contributed by atoms with van der Waals surface area (Å²) in [7, 11) is 0.661. The number of nitrogens with one attached hydrogen (secondary N) is 3. The van der Waals surface area contributed by atoms with Crippen LogP contribution in [0, 0.1) is 0 Å². The predicted octanol–water partition coefficient (Wildman–Crippen LogP) is 0.911. The topological polar surface area (TPSA) is 135 Å². The van der Waals surface area contributed by atoms with E-state index in [1.165, 1.54) is 6.33 Å². The summed E-state index contributed by atoms with van der Waals surface area (Å²) in [4.78, 5) is 44.5. The van der Waals surface area contributed by atoms with Gasteiger partial charge in [0.05, 0.1) is 0 Å². The Balaban J connectivity index is 1.61. The van der Waals surface area contributed by atoms with E-state index < -0.39 is 23.4 Å². The third kappa shape index (κ3) is 8.90. The first-order chi connectivity index (χ1) is 17.8. The van der Waals surface area contributed by atoms with Crippen molar-refractivity contribution < 1.29 is 23.8 Å². The number of hydrogen-bond acceptors (Lipinski definition) is 7. The number of likely N-dealkylation sites (tertiary alicyclic amines) is 1. The Morgan fingerprint density at radius 2 is 1.86 bits per heavy atom. The Bertz CT molecular complexity index is 1050. The van der Waals surface area contributed by atoms with Crippen molar-refractivity contribution in [3.8, 4) is 0 Å². The molecule has 0 spiro atoms. The van der Waals surface area contributed by atoms with Crippen LogP contribution in [0.5, 0.6) is 0 Å². The molecule has 2 aromatic rings. The number of carbonyl (C=O) groups is 3. The number of hydrogen-bond donors (Lipinski definition) is 3. The van der Waals surface area contributed by atoms with Crippen LogP contribution in [-0.2, 0) is 37.0 Å². The van der Waals surface area contributed by atoms with Crippen LogP contribution in [0.4, 0.5) is 5.82 Å². The van der Waals surface area contributed by atoms with E-state index in [-0.39, 0.29) is 37.9 Å². The van der Waals surface area contributed by atoms with Gasteiger partial charge in [-0.3, -0.25) is 4.79 Å². The zero-order valence-electron chi connectivity index (χ0n) is 21.4. The third-order valence-corrected chi connectivity index (χ3v) is 6.12. The van der Waals surface area contributed by atoms with E-state index in [9.17, 15) is 19.1 Å². The number of ether oxygens (including phenoxy) is 1. The zero-order chi connectivity index (χ0) is 26.7. The van der Waals surface area contributed by atoms with Gasteiger partial charge in [-0.2, -0.15) is 0 Å². The number of piperidine rings is 1. The van der Waals surface area contributed by atoms with Gasteiger partial charge in [-0.25, -0.2) is 0 Å². The number of rotatable bonds is 13. The molecule has 3 rings (SSSR count). The van der Waals surface area contributed by atoms with Gasteiger partial charge in [0.15, 0.2) is 0 Å². The molecule has 1 saturated heterocycles. The number of imidazole rings is 1. The summed E-state index contributed by atoms with van der Waals surface area (Å²) in [5.41, 5.74) is -0.159. The Labute approximate surface area is 217 Å². The molecule has 1 fully saturated rings. The number of aromatic nitrogens is 2. The molecule has 1 aromatic heterocycles. The first-order valence-corrected chi connectivity index (χ1v) is 12.5. The Hall–Kier alpha value is -3.38. The average molecular weight is 510 g/mol. The van der Waals surface area contributed by atoms with Crippen LogP contribution in [0.25, 0.3) is 0 Å². The monoisotopic (exact) mass is 510 g/mol. The van der Waals surface area contributed by atoms with E-state index in [0.717, 1.165) is 37.9 Å². The number of nitrogens with zero attached hydrogens (tertiary/aromatic N) is 3. The molecule has 12 heteroatoms. The molecule has 1 aliphatic rings. The Kier molecular flexibility index (Phi) is 10.5. The minimum absolute atomic E-state index is 0.00459. The summed E-state index contributed by atoms with van der Waals surface area (Å²) < 4.78 is 18.1. The molecule has 0 saturated carbocycles. The van der Waals surface area contributed by atoms with Crippen LogP contribution in [0.1, 0.15) is 38.7 Å². The summed E-state index contributed by atoms with van der Waals surface area (Å²) >= 11 is 0. The third-order valence-electron chi connectivity index (χ3n) is 6.12. The average Bonchev–Trinajstić information content (AvgIpc) is 3.34. The molecule has 0 bridgehead atoms. The number of benzene rings is 1. The normalized spacial score (nSPS) is 14.5. The molecule has 0 radical (unpaired) electrons. The van der Waals surface area contributed by atoms with Gasteiger partial charge in [-0.05, 0) is 19.3 Å². The maximum atomic E-state index is 13.1. The van der Waals surface area contributed by atoms with Crippen LogP contribution < -0.4 is 16.0 Å². The molecule has 0 aliphatic carbocycles. The quantitative estimate of drug-likeness (QED) is 0.341. The molecule has 198 valence electrons. The fourth-order valence-electron chi connectivity index (χ4n) is 3.89. The van der Waals surface area contributed by atoms with Gasteiger partial charge >= 0.3 is 163 Å². The Morgan fingerprint density at radius 1 is 1.14 bits per heavy atom. The fourth-order valence-corrected chi connectivity index (χ4v) is 3.89. The minimum atomic E-state index is -1.09. The van der Waals surface area contributed by atoms with Crippen molar-refractivity contribution in [2.75, 3.05) is 31.5 Å². The van der Waals surface area contributed by atoms with Gasteiger partial charge in [0.1, 0.15) is 0 Å². The van der Waals surface area contributed by atoms with Crippen molar-refractivity contribution in [3.05, 3.63) is 48.4 Å².